The summed E-state index contributed by atoms with van der Waals surface area (Å²) < 4.78 is 33.7. The Hall–Kier alpha value is -2.75. The van der Waals surface area contributed by atoms with Gasteiger partial charge >= 0.3 is 0 Å². The van der Waals surface area contributed by atoms with Gasteiger partial charge in [0.25, 0.3) is 11.6 Å². The lowest BCUT2D eigenvalue weighted by Crippen LogP contribution is -2.45. The summed E-state index contributed by atoms with van der Waals surface area (Å²) in [6.45, 7) is 2.92. The van der Waals surface area contributed by atoms with Crippen LogP contribution in [-0.4, -0.2) is 57.5 Å². The Morgan fingerprint density at radius 2 is 1.97 bits per heavy atom. The highest BCUT2D eigenvalue weighted by Crippen LogP contribution is 2.35. The number of methoxy groups -OCH3 is 1. The number of likely N-dealkylation sites (N-methyl/N-ethyl adjacent to an activating group) is 1. The molecule has 2 aromatic heterocycles. The zero-order valence-electron chi connectivity index (χ0n) is 18.5. The van der Waals surface area contributed by atoms with Gasteiger partial charge in [-0.3, -0.25) is 9.59 Å². The van der Waals surface area contributed by atoms with Gasteiger partial charge in [0.1, 0.15) is 5.01 Å². The normalized spacial score (nSPS) is 16.1. The van der Waals surface area contributed by atoms with E-state index in [1.54, 1.807) is 28.7 Å². The molecule has 2 atom stereocenters. The van der Waals surface area contributed by atoms with Gasteiger partial charge in [-0.15, -0.1) is 10.2 Å². The molecule has 3 heterocycles. The number of ether oxygens (including phenoxy) is 1. The maximum Gasteiger partial charge on any atom is 0.283 e. The predicted octanol–water partition coefficient (Wildman–Crippen LogP) is 3.25. The van der Waals surface area contributed by atoms with Gasteiger partial charge in [0.15, 0.2) is 16.5 Å². The van der Waals surface area contributed by atoms with Crippen molar-refractivity contribution >= 4 is 26.5 Å². The smallest absolute Gasteiger partial charge is 0.283 e. The number of nitrogens with zero attached hydrogens (tertiary/aromatic N) is 4. The van der Waals surface area contributed by atoms with Gasteiger partial charge < -0.3 is 19.3 Å². The summed E-state index contributed by atoms with van der Waals surface area (Å²) in [5.74, 6) is -1.05. The third-order valence-corrected chi connectivity index (χ3v) is 6.95. The molecule has 0 spiro atoms. The molecular weight excluding hydrogens is 485 g/mol. The van der Waals surface area contributed by atoms with Crippen molar-refractivity contribution in [2.45, 2.75) is 25.1 Å². The van der Waals surface area contributed by atoms with Crippen LogP contribution >= 0.6 is 20.6 Å². The van der Waals surface area contributed by atoms with Crippen LogP contribution in [-0.2, 0) is 16.8 Å². The first-order chi connectivity index (χ1) is 16.1. The minimum absolute atomic E-state index is 0.0698. The van der Waals surface area contributed by atoms with Gasteiger partial charge in [-0.25, -0.2) is 0 Å². The Morgan fingerprint density at radius 1 is 1.26 bits per heavy atom. The zero-order valence-corrected chi connectivity index (χ0v) is 20.5. The summed E-state index contributed by atoms with van der Waals surface area (Å²) in [7, 11) is 3.05. The molecule has 1 N–H and O–H groups in total. The first-order valence-corrected chi connectivity index (χ1v) is 11.9. The topological polar surface area (TPSA) is 97.6 Å². The van der Waals surface area contributed by atoms with Gasteiger partial charge in [-0.1, -0.05) is 44.8 Å². The number of carbonyl (C=O) groups is 1. The number of rotatable bonds is 7. The van der Waals surface area contributed by atoms with E-state index in [2.05, 4.69) is 10.2 Å². The second-order valence-corrected chi connectivity index (χ2v) is 9.71. The number of halogens is 2. The van der Waals surface area contributed by atoms with E-state index in [1.165, 1.54) is 27.6 Å². The fourth-order valence-electron chi connectivity index (χ4n) is 3.90. The first-order valence-electron chi connectivity index (χ1n) is 10.5. The quantitative estimate of drug-likeness (QED) is 0.492. The maximum atomic E-state index is 13.4. The van der Waals surface area contributed by atoms with Gasteiger partial charge in [0, 0.05) is 38.4 Å². The number of carbonyl (C=O) groups excluding carboxylic acids is 1. The fourth-order valence-corrected chi connectivity index (χ4v) is 4.97. The summed E-state index contributed by atoms with van der Waals surface area (Å²) in [6.07, 6.45) is 1.86. The number of hydrogen-bond donors (Lipinski definition) is 1. The van der Waals surface area contributed by atoms with Crippen LogP contribution in [0.3, 0.4) is 0 Å². The Bertz CT molecular complexity index is 1270. The molecule has 12 heteroatoms. The maximum absolute atomic E-state index is 13.4. The van der Waals surface area contributed by atoms with Crippen molar-refractivity contribution in [3.63, 3.8) is 0 Å². The number of aromatic nitrogens is 3. The van der Waals surface area contributed by atoms with Crippen molar-refractivity contribution in [3.8, 4) is 16.3 Å². The van der Waals surface area contributed by atoms with Crippen LogP contribution in [0.5, 0.6) is 5.75 Å². The van der Waals surface area contributed by atoms with Gasteiger partial charge in [-0.2, -0.15) is 8.78 Å². The highest BCUT2D eigenvalue weighted by molar-refractivity contribution is 7.17. The Kier molecular flexibility index (Phi) is 6.80. The summed E-state index contributed by atoms with van der Waals surface area (Å²) in [5, 5.41) is 19.8. The molecule has 4 rings (SSSR count). The highest BCUT2D eigenvalue weighted by Gasteiger charge is 2.34. The van der Waals surface area contributed by atoms with E-state index >= 15 is 0 Å². The Balaban J connectivity index is 1.67. The molecule has 0 bridgehead atoms. The minimum atomic E-state index is -3.00. The second kappa shape index (κ2) is 9.48. The molecule has 1 amide bonds. The number of pyridine rings is 1. The summed E-state index contributed by atoms with van der Waals surface area (Å²) in [6, 6.07) is 5.60. The number of aromatic hydroxyl groups is 1. The van der Waals surface area contributed by atoms with Crippen molar-refractivity contribution in [2.75, 3.05) is 26.8 Å². The van der Waals surface area contributed by atoms with Crippen LogP contribution in [0.15, 0.2) is 35.3 Å². The molecule has 34 heavy (non-hydrogen) atoms. The number of alkyl halides is 2. The molecule has 1 aliphatic heterocycles. The Morgan fingerprint density at radius 3 is 2.59 bits per heavy atom. The monoisotopic (exact) mass is 508 g/mol. The lowest BCUT2D eigenvalue weighted by molar-refractivity contribution is 0.0590. The third-order valence-electron chi connectivity index (χ3n) is 5.66. The molecule has 1 unspecified atom stereocenters. The van der Waals surface area contributed by atoms with Crippen LogP contribution in [0, 0.1) is 0 Å². The second-order valence-electron chi connectivity index (χ2n) is 7.93. The van der Waals surface area contributed by atoms with E-state index in [9.17, 15) is 23.5 Å². The molecule has 0 fully saturated rings. The molecule has 0 radical (unpaired) electrons. The third kappa shape index (κ3) is 4.60. The zero-order chi connectivity index (χ0) is 24.6. The van der Waals surface area contributed by atoms with Crippen LogP contribution in [0.25, 0.3) is 10.6 Å². The summed E-state index contributed by atoms with van der Waals surface area (Å²) >= 11 is 1.16. The molecule has 0 aliphatic carbocycles. The number of benzene rings is 1. The summed E-state index contributed by atoms with van der Waals surface area (Å²) in [4.78, 5) is 27.3. The number of fused-ring (bicyclic) bond motifs is 1. The van der Waals surface area contributed by atoms with Crippen molar-refractivity contribution in [2.24, 2.45) is 0 Å². The lowest BCUT2D eigenvalue weighted by Gasteiger charge is -2.35. The van der Waals surface area contributed by atoms with Gasteiger partial charge in [0.2, 0.25) is 5.43 Å². The van der Waals surface area contributed by atoms with E-state index in [-0.39, 0.29) is 29.5 Å². The summed E-state index contributed by atoms with van der Waals surface area (Å²) in [5.41, 5.74) is -3.00. The molecule has 1 aliphatic rings. The average molecular weight is 508 g/mol. The van der Waals surface area contributed by atoms with Crippen LogP contribution in [0.4, 0.5) is 8.78 Å². The van der Waals surface area contributed by atoms with E-state index in [0.717, 1.165) is 16.9 Å². The first kappa shape index (κ1) is 24.4. The molecule has 3 aromatic rings. The van der Waals surface area contributed by atoms with E-state index in [1.807, 2.05) is 6.92 Å². The number of amides is 1. The van der Waals surface area contributed by atoms with Crippen molar-refractivity contribution in [3.05, 3.63) is 62.5 Å². The molecule has 0 saturated heterocycles. The molecule has 0 saturated carbocycles. The number of hydrogen-bond acceptors (Lipinski definition) is 7. The molecule has 1 aromatic carbocycles. The van der Waals surface area contributed by atoms with Crippen molar-refractivity contribution in [1.29, 1.82) is 0 Å². The highest BCUT2D eigenvalue weighted by atomic mass is 32.1. The predicted molar refractivity (Wildman–Crippen MR) is 127 cm³/mol. The van der Waals surface area contributed by atoms with Gasteiger partial charge in [-0.05, 0) is 12.5 Å². The minimum Gasteiger partial charge on any atom is -0.503 e. The van der Waals surface area contributed by atoms with Crippen LogP contribution in [0.2, 0.25) is 0 Å². The van der Waals surface area contributed by atoms with Crippen LogP contribution < -0.4 is 5.43 Å². The molecule has 8 nitrogen and oxygen atoms in total. The van der Waals surface area contributed by atoms with Gasteiger partial charge in [0.05, 0.1) is 18.2 Å². The van der Waals surface area contributed by atoms with Crippen LogP contribution in [0.1, 0.15) is 39.6 Å². The largest absolute Gasteiger partial charge is 0.503 e. The standard InChI is InChI=1S/C22H23F2N4O4PS/c1-3-27-9-14(11-32-2)28-10-15(18(29)19(30)17(28)21(27)31)20-26-25-16(34-20)8-12-4-6-13(7-5-12)22(23,24)33/h4-7,10,14,30H,3,8-9,11,33H2,1-2H3/t14-/m1/s1. The molecular formula is C22H23F2N4O4PS. The van der Waals surface area contributed by atoms with Crippen molar-refractivity contribution in [1.82, 2.24) is 19.7 Å². The van der Waals surface area contributed by atoms with E-state index < -0.39 is 22.7 Å². The average Bonchev–Trinajstić information content (AvgIpc) is 3.25. The Labute approximate surface area is 200 Å². The van der Waals surface area contributed by atoms with E-state index in [0.29, 0.717) is 29.5 Å². The van der Waals surface area contributed by atoms with Crippen molar-refractivity contribution < 1.29 is 23.4 Å². The fraction of sp³-hybridized carbons (Fsp3) is 0.364. The SMILES string of the molecule is CCN1C[C@H](COC)n2cc(-c3nnc(Cc4ccc(C(F)(F)P)cc4)s3)c(=O)c(O)c2C1=O. The lowest BCUT2D eigenvalue weighted by atomic mass is 10.1. The molecule has 180 valence electrons. The van der Waals surface area contributed by atoms with E-state index in [4.69, 9.17) is 4.74 Å².